The summed E-state index contributed by atoms with van der Waals surface area (Å²) in [7, 11) is -2.65. The van der Waals surface area contributed by atoms with Crippen molar-refractivity contribution >= 4 is 38.9 Å². The minimum absolute atomic E-state index is 0.0387. The molecule has 0 bridgehead atoms. The molecule has 0 heterocycles. The van der Waals surface area contributed by atoms with Gasteiger partial charge < -0.3 is 10.1 Å². The number of nitrogens with zero attached hydrogens (tertiary/aromatic N) is 1. The molecule has 0 atom stereocenters. The molecule has 0 radical (unpaired) electrons. The second-order valence-corrected chi connectivity index (χ2v) is 8.52. The second-order valence-electron chi connectivity index (χ2n) is 6.22. The highest BCUT2D eigenvalue weighted by Gasteiger charge is 2.27. The van der Waals surface area contributed by atoms with Gasteiger partial charge in [0.25, 0.3) is 10.0 Å². The van der Waals surface area contributed by atoms with Crippen LogP contribution in [0.25, 0.3) is 0 Å². The average Bonchev–Trinajstić information content (AvgIpc) is 2.73. The Morgan fingerprint density at radius 2 is 1.73 bits per heavy atom. The molecule has 156 valence electrons. The van der Waals surface area contributed by atoms with Crippen molar-refractivity contribution < 1.29 is 22.3 Å². The second kappa shape index (κ2) is 9.15. The van der Waals surface area contributed by atoms with Crippen molar-refractivity contribution in [1.29, 1.82) is 0 Å². The van der Waals surface area contributed by atoms with E-state index in [0.717, 1.165) is 16.4 Å². The van der Waals surface area contributed by atoms with E-state index in [1.54, 1.807) is 24.3 Å². The molecule has 0 fully saturated rings. The van der Waals surface area contributed by atoms with Crippen LogP contribution >= 0.6 is 11.6 Å². The van der Waals surface area contributed by atoms with Crippen LogP contribution in [0.3, 0.4) is 0 Å². The Morgan fingerprint density at radius 3 is 2.33 bits per heavy atom. The van der Waals surface area contributed by atoms with Gasteiger partial charge in [0, 0.05) is 10.7 Å². The van der Waals surface area contributed by atoms with E-state index in [0.29, 0.717) is 16.5 Å². The van der Waals surface area contributed by atoms with Gasteiger partial charge in [-0.3, -0.25) is 9.10 Å². The Hall–Kier alpha value is -3.10. The van der Waals surface area contributed by atoms with Crippen LogP contribution in [-0.2, 0) is 14.8 Å². The third kappa shape index (κ3) is 5.08. The maximum atomic E-state index is 13.4. The van der Waals surface area contributed by atoms with E-state index >= 15 is 0 Å². The highest BCUT2D eigenvalue weighted by molar-refractivity contribution is 7.92. The van der Waals surface area contributed by atoms with E-state index in [1.807, 2.05) is 0 Å². The molecule has 0 unspecified atom stereocenters. The fourth-order valence-electron chi connectivity index (χ4n) is 2.69. The third-order valence-electron chi connectivity index (χ3n) is 4.16. The lowest BCUT2D eigenvalue weighted by Gasteiger charge is -2.24. The Balaban J connectivity index is 1.93. The molecule has 9 heteroatoms. The predicted molar refractivity (Wildman–Crippen MR) is 114 cm³/mol. The lowest BCUT2D eigenvalue weighted by atomic mass is 10.3. The first-order valence-electron chi connectivity index (χ1n) is 8.77. The van der Waals surface area contributed by atoms with Crippen molar-refractivity contribution in [3.8, 4) is 5.75 Å². The summed E-state index contributed by atoms with van der Waals surface area (Å²) in [4.78, 5) is 12.6. The summed E-state index contributed by atoms with van der Waals surface area (Å²) in [6.45, 7) is -0.521. The number of carbonyl (C=O) groups is 1. The van der Waals surface area contributed by atoms with Crippen molar-refractivity contribution in [1.82, 2.24) is 0 Å². The summed E-state index contributed by atoms with van der Waals surface area (Å²) in [5.41, 5.74) is 0.571. The highest BCUT2D eigenvalue weighted by atomic mass is 35.5. The van der Waals surface area contributed by atoms with Gasteiger partial charge in [0.05, 0.1) is 17.7 Å². The summed E-state index contributed by atoms with van der Waals surface area (Å²) in [5, 5.41) is 3.04. The molecule has 0 spiro atoms. The standard InChI is InChI=1S/C21H18ClFN2O4S/c1-29-19-9-11-20(12-10-19)30(27,28)25(18-7-5-16(23)6-8-18)14-21(26)24-17-4-2-3-15(22)13-17/h2-13H,14H2,1H3,(H,24,26). The van der Waals surface area contributed by atoms with E-state index in [1.165, 1.54) is 43.5 Å². The normalized spacial score (nSPS) is 11.0. The van der Waals surface area contributed by atoms with Crippen molar-refractivity contribution in [3.05, 3.63) is 83.6 Å². The molecule has 0 aliphatic heterocycles. The molecule has 6 nitrogen and oxygen atoms in total. The van der Waals surface area contributed by atoms with Crippen LogP contribution in [-0.4, -0.2) is 28.0 Å². The Kier molecular flexibility index (Phi) is 6.59. The van der Waals surface area contributed by atoms with E-state index in [-0.39, 0.29) is 10.6 Å². The smallest absolute Gasteiger partial charge is 0.264 e. The third-order valence-corrected chi connectivity index (χ3v) is 6.18. The van der Waals surface area contributed by atoms with E-state index in [9.17, 15) is 17.6 Å². The van der Waals surface area contributed by atoms with Gasteiger partial charge in [-0.25, -0.2) is 12.8 Å². The zero-order chi connectivity index (χ0) is 21.7. The maximum absolute atomic E-state index is 13.4. The number of amides is 1. The van der Waals surface area contributed by atoms with Gasteiger partial charge in [-0.2, -0.15) is 0 Å². The molecule has 0 saturated carbocycles. The predicted octanol–water partition coefficient (Wildman–Crippen LogP) is 4.32. The van der Waals surface area contributed by atoms with Gasteiger partial charge in [0.15, 0.2) is 0 Å². The summed E-state index contributed by atoms with van der Waals surface area (Å²) in [5.74, 6) is -0.622. The number of benzene rings is 3. The fraction of sp³-hybridized carbons (Fsp3) is 0.0952. The molecule has 0 aliphatic carbocycles. The molecule has 30 heavy (non-hydrogen) atoms. The quantitative estimate of drug-likeness (QED) is 0.584. The molecule has 0 aliphatic rings. The van der Waals surface area contributed by atoms with Crippen molar-refractivity contribution in [2.24, 2.45) is 0 Å². The summed E-state index contributed by atoms with van der Waals surface area (Å²) >= 11 is 5.92. The molecule has 3 aromatic carbocycles. The molecule has 1 amide bonds. The number of halogens is 2. The monoisotopic (exact) mass is 448 g/mol. The maximum Gasteiger partial charge on any atom is 0.264 e. The van der Waals surface area contributed by atoms with Crippen LogP contribution in [0.1, 0.15) is 0 Å². The topological polar surface area (TPSA) is 75.7 Å². The number of anilines is 2. The molecule has 0 aromatic heterocycles. The van der Waals surface area contributed by atoms with Crippen LogP contribution in [0.15, 0.2) is 77.7 Å². The van der Waals surface area contributed by atoms with Crippen LogP contribution < -0.4 is 14.4 Å². The van der Waals surface area contributed by atoms with Crippen molar-refractivity contribution in [2.45, 2.75) is 4.90 Å². The Labute approximate surface area is 178 Å². The van der Waals surface area contributed by atoms with Gasteiger partial charge in [0.1, 0.15) is 18.1 Å². The first-order valence-corrected chi connectivity index (χ1v) is 10.6. The number of hydrogen-bond donors (Lipinski definition) is 1. The Morgan fingerprint density at radius 1 is 1.07 bits per heavy atom. The van der Waals surface area contributed by atoms with E-state index < -0.39 is 28.3 Å². The molecular formula is C21H18ClFN2O4S. The lowest BCUT2D eigenvalue weighted by Crippen LogP contribution is -2.38. The average molecular weight is 449 g/mol. The van der Waals surface area contributed by atoms with Crippen molar-refractivity contribution in [2.75, 3.05) is 23.3 Å². The summed E-state index contributed by atoms with van der Waals surface area (Å²) in [6, 6.07) is 17.1. The number of sulfonamides is 1. The molecular weight excluding hydrogens is 431 g/mol. The molecule has 3 aromatic rings. The summed E-state index contributed by atoms with van der Waals surface area (Å²) < 4.78 is 45.8. The lowest BCUT2D eigenvalue weighted by molar-refractivity contribution is -0.114. The highest BCUT2D eigenvalue weighted by Crippen LogP contribution is 2.25. The van der Waals surface area contributed by atoms with Gasteiger partial charge in [0.2, 0.25) is 5.91 Å². The van der Waals surface area contributed by atoms with Gasteiger partial charge in [-0.05, 0) is 66.7 Å². The first kappa shape index (κ1) is 21.6. The van der Waals surface area contributed by atoms with Crippen LogP contribution in [0.5, 0.6) is 5.75 Å². The summed E-state index contributed by atoms with van der Waals surface area (Å²) in [6.07, 6.45) is 0. The number of carbonyl (C=O) groups excluding carboxylic acids is 1. The number of nitrogens with one attached hydrogen (secondary N) is 1. The number of methoxy groups -OCH3 is 1. The minimum atomic E-state index is -4.12. The SMILES string of the molecule is COc1ccc(S(=O)(=O)N(CC(=O)Nc2cccc(Cl)c2)c2ccc(F)cc2)cc1. The Bertz CT molecular complexity index is 1140. The number of hydrogen-bond acceptors (Lipinski definition) is 4. The zero-order valence-electron chi connectivity index (χ0n) is 15.9. The zero-order valence-corrected chi connectivity index (χ0v) is 17.5. The van der Waals surface area contributed by atoms with E-state index in [2.05, 4.69) is 5.32 Å². The number of ether oxygens (including phenoxy) is 1. The number of rotatable bonds is 7. The van der Waals surface area contributed by atoms with Crippen LogP contribution in [0.2, 0.25) is 5.02 Å². The minimum Gasteiger partial charge on any atom is -0.497 e. The fourth-order valence-corrected chi connectivity index (χ4v) is 4.31. The van der Waals surface area contributed by atoms with Crippen LogP contribution in [0.4, 0.5) is 15.8 Å². The van der Waals surface area contributed by atoms with Gasteiger partial charge in [-0.15, -0.1) is 0 Å². The largest absolute Gasteiger partial charge is 0.497 e. The van der Waals surface area contributed by atoms with Crippen LogP contribution in [0, 0.1) is 5.82 Å². The molecule has 0 saturated heterocycles. The van der Waals surface area contributed by atoms with Crippen molar-refractivity contribution in [3.63, 3.8) is 0 Å². The van der Waals surface area contributed by atoms with Gasteiger partial charge >= 0.3 is 0 Å². The molecule has 1 N–H and O–H groups in total. The van der Waals surface area contributed by atoms with Gasteiger partial charge in [-0.1, -0.05) is 17.7 Å². The van der Waals surface area contributed by atoms with E-state index in [4.69, 9.17) is 16.3 Å². The first-order chi connectivity index (χ1) is 14.3. The molecule has 3 rings (SSSR count).